The number of hydrogen-bond donors (Lipinski definition) is 1. The zero-order valence-electron chi connectivity index (χ0n) is 10.1. The Morgan fingerprint density at radius 1 is 1.41 bits per heavy atom. The number of carbonyl (C=O) groups is 1. The highest BCUT2D eigenvalue weighted by Crippen LogP contribution is 2.13. The molecule has 1 rings (SSSR count). The van der Waals surface area contributed by atoms with Crippen LogP contribution in [-0.4, -0.2) is 38.2 Å². The Labute approximate surface area is 99.3 Å². The van der Waals surface area contributed by atoms with Crippen LogP contribution in [0.3, 0.4) is 0 Å². The zero-order valence-corrected chi connectivity index (χ0v) is 10.1. The fourth-order valence-corrected chi connectivity index (χ4v) is 1.40. The van der Waals surface area contributed by atoms with Crippen molar-refractivity contribution in [3.63, 3.8) is 0 Å². The Hall–Kier alpha value is -1.72. The van der Waals surface area contributed by atoms with Crippen molar-refractivity contribution >= 4 is 6.09 Å². The Morgan fingerprint density at radius 3 is 2.35 bits per heavy atom. The molecule has 0 aromatic carbocycles. The average Bonchev–Trinajstić information content (AvgIpc) is 2.18. The Kier molecular flexibility index (Phi) is 3.98. The van der Waals surface area contributed by atoms with Crippen molar-refractivity contribution in [3.05, 3.63) is 24.0 Å². The summed E-state index contributed by atoms with van der Waals surface area (Å²) in [5.41, 5.74) is -0.480. The molecule has 1 N–H and O–H groups in total. The first-order valence-corrected chi connectivity index (χ1v) is 5.27. The zero-order chi connectivity index (χ0) is 13.1. The fourth-order valence-electron chi connectivity index (χ4n) is 1.40. The molecule has 94 valence electrons. The van der Waals surface area contributed by atoms with Crippen LogP contribution in [0, 0.1) is 5.82 Å². The van der Waals surface area contributed by atoms with Crippen molar-refractivity contribution in [3.8, 4) is 0 Å². The predicted octanol–water partition coefficient (Wildman–Crippen LogP) is 1.94. The van der Waals surface area contributed by atoms with E-state index >= 15 is 0 Å². The number of rotatable bonds is 3. The maximum atomic E-state index is 12.6. The molecule has 0 aliphatic heterocycles. The molecule has 17 heavy (non-hydrogen) atoms. The van der Waals surface area contributed by atoms with E-state index in [0.29, 0.717) is 12.2 Å². The van der Waals surface area contributed by atoms with Gasteiger partial charge in [0.2, 0.25) is 0 Å². The summed E-state index contributed by atoms with van der Waals surface area (Å²) in [7, 11) is 0. The van der Waals surface area contributed by atoms with Crippen molar-refractivity contribution < 1.29 is 14.3 Å². The van der Waals surface area contributed by atoms with Crippen molar-refractivity contribution in [1.82, 2.24) is 14.9 Å². The molecule has 0 aliphatic rings. The minimum Gasteiger partial charge on any atom is -0.465 e. The average molecular weight is 241 g/mol. The summed E-state index contributed by atoms with van der Waals surface area (Å²) in [6, 6.07) is 0. The number of carboxylic acid groups (broad SMARTS) is 1. The molecule has 1 aromatic rings. The van der Waals surface area contributed by atoms with E-state index in [2.05, 4.69) is 9.97 Å². The van der Waals surface area contributed by atoms with Gasteiger partial charge in [0.1, 0.15) is 5.82 Å². The van der Waals surface area contributed by atoms with Crippen molar-refractivity contribution in [2.24, 2.45) is 0 Å². The molecule has 0 atom stereocenters. The first-order chi connectivity index (χ1) is 7.80. The molecule has 1 heterocycles. The van der Waals surface area contributed by atoms with E-state index in [-0.39, 0.29) is 6.54 Å². The van der Waals surface area contributed by atoms with Gasteiger partial charge in [-0.2, -0.15) is 0 Å². The van der Waals surface area contributed by atoms with Gasteiger partial charge >= 0.3 is 6.09 Å². The third kappa shape index (κ3) is 3.97. The molecule has 0 aliphatic carbocycles. The monoisotopic (exact) mass is 241 g/mol. The number of nitrogens with zero attached hydrogens (tertiary/aromatic N) is 3. The molecular weight excluding hydrogens is 225 g/mol. The molecular formula is C11H16FN3O2. The molecule has 0 bridgehead atoms. The summed E-state index contributed by atoms with van der Waals surface area (Å²) < 4.78 is 12.6. The third-order valence-corrected chi connectivity index (χ3v) is 2.27. The van der Waals surface area contributed by atoms with E-state index in [4.69, 9.17) is 5.11 Å². The van der Waals surface area contributed by atoms with Crippen LogP contribution in [0.4, 0.5) is 9.18 Å². The first kappa shape index (κ1) is 13.3. The van der Waals surface area contributed by atoms with E-state index in [1.54, 1.807) is 0 Å². The van der Waals surface area contributed by atoms with Crippen LogP contribution in [0.25, 0.3) is 0 Å². The lowest BCUT2D eigenvalue weighted by molar-refractivity contribution is 0.101. The van der Waals surface area contributed by atoms with Gasteiger partial charge in [0, 0.05) is 18.5 Å². The van der Waals surface area contributed by atoms with Crippen LogP contribution < -0.4 is 0 Å². The molecule has 1 amide bonds. The maximum absolute atomic E-state index is 12.6. The molecule has 1 aromatic heterocycles. The summed E-state index contributed by atoms with van der Waals surface area (Å²) in [5, 5.41) is 9.06. The van der Waals surface area contributed by atoms with Gasteiger partial charge in [-0.25, -0.2) is 19.2 Å². The number of halogens is 1. The van der Waals surface area contributed by atoms with Gasteiger partial charge in [0.05, 0.1) is 12.4 Å². The standard InChI is InChI=1S/C11H16FN3O2/c1-11(2,3)15(10(16)17)5-4-9-13-6-8(12)7-14-9/h6-7H,4-5H2,1-3H3,(H,16,17). The molecule has 0 spiro atoms. The normalized spacial score (nSPS) is 11.3. The lowest BCUT2D eigenvalue weighted by Gasteiger charge is -2.32. The first-order valence-electron chi connectivity index (χ1n) is 5.27. The minimum atomic E-state index is -0.986. The molecule has 0 radical (unpaired) electrons. The molecule has 6 heteroatoms. The van der Waals surface area contributed by atoms with Gasteiger partial charge in [-0.1, -0.05) is 0 Å². The van der Waals surface area contributed by atoms with E-state index in [1.807, 2.05) is 20.8 Å². The number of hydrogen-bond acceptors (Lipinski definition) is 3. The Balaban J connectivity index is 2.65. The summed E-state index contributed by atoms with van der Waals surface area (Å²) in [6.07, 6.45) is 1.53. The largest absolute Gasteiger partial charge is 0.465 e. The van der Waals surface area contributed by atoms with Crippen molar-refractivity contribution in [2.45, 2.75) is 32.7 Å². The highest BCUT2D eigenvalue weighted by atomic mass is 19.1. The topological polar surface area (TPSA) is 66.3 Å². The van der Waals surface area contributed by atoms with Crippen LogP contribution >= 0.6 is 0 Å². The molecule has 5 nitrogen and oxygen atoms in total. The lowest BCUT2D eigenvalue weighted by Crippen LogP contribution is -2.46. The van der Waals surface area contributed by atoms with Crippen molar-refractivity contribution in [1.29, 1.82) is 0 Å². The van der Waals surface area contributed by atoms with Gasteiger partial charge < -0.3 is 10.0 Å². The number of aromatic nitrogens is 2. The summed E-state index contributed by atoms with van der Waals surface area (Å²) in [4.78, 5) is 19.9. The predicted molar refractivity (Wildman–Crippen MR) is 60.2 cm³/mol. The minimum absolute atomic E-state index is 0.282. The summed E-state index contributed by atoms with van der Waals surface area (Å²) >= 11 is 0. The van der Waals surface area contributed by atoms with Crippen LogP contribution in [0.5, 0.6) is 0 Å². The molecule has 0 saturated carbocycles. The van der Waals surface area contributed by atoms with E-state index < -0.39 is 17.4 Å². The molecule has 0 saturated heterocycles. The van der Waals surface area contributed by atoms with Crippen LogP contribution in [-0.2, 0) is 6.42 Å². The highest BCUT2D eigenvalue weighted by molar-refractivity contribution is 5.65. The van der Waals surface area contributed by atoms with Crippen molar-refractivity contribution in [2.75, 3.05) is 6.54 Å². The third-order valence-electron chi connectivity index (χ3n) is 2.27. The van der Waals surface area contributed by atoms with Gasteiger partial charge in [0.25, 0.3) is 0 Å². The summed E-state index contributed by atoms with van der Waals surface area (Å²) in [6.45, 7) is 5.72. The van der Waals surface area contributed by atoms with E-state index in [9.17, 15) is 9.18 Å². The van der Waals surface area contributed by atoms with Crippen LogP contribution in [0.2, 0.25) is 0 Å². The van der Waals surface area contributed by atoms with Gasteiger partial charge in [-0.3, -0.25) is 0 Å². The van der Waals surface area contributed by atoms with Gasteiger partial charge in [-0.15, -0.1) is 0 Å². The second kappa shape index (κ2) is 5.07. The maximum Gasteiger partial charge on any atom is 0.407 e. The molecule has 0 fully saturated rings. The van der Waals surface area contributed by atoms with E-state index in [1.165, 1.54) is 4.90 Å². The fraction of sp³-hybridized carbons (Fsp3) is 0.545. The second-order valence-electron chi connectivity index (χ2n) is 4.67. The second-order valence-corrected chi connectivity index (χ2v) is 4.67. The van der Waals surface area contributed by atoms with E-state index in [0.717, 1.165) is 12.4 Å². The Morgan fingerprint density at radius 2 is 1.94 bits per heavy atom. The Bertz CT molecular complexity index is 387. The highest BCUT2D eigenvalue weighted by Gasteiger charge is 2.25. The number of amides is 1. The molecule has 0 unspecified atom stereocenters. The van der Waals surface area contributed by atoms with Gasteiger partial charge in [0.15, 0.2) is 5.82 Å². The van der Waals surface area contributed by atoms with Crippen LogP contribution in [0.15, 0.2) is 12.4 Å². The SMILES string of the molecule is CC(C)(C)N(CCc1ncc(F)cn1)C(=O)O. The van der Waals surface area contributed by atoms with Gasteiger partial charge in [-0.05, 0) is 20.8 Å². The smallest absolute Gasteiger partial charge is 0.407 e. The lowest BCUT2D eigenvalue weighted by atomic mass is 10.1. The quantitative estimate of drug-likeness (QED) is 0.878. The summed E-state index contributed by atoms with van der Waals surface area (Å²) in [5.74, 6) is -0.0680. The van der Waals surface area contributed by atoms with Crippen LogP contribution in [0.1, 0.15) is 26.6 Å².